The molecule has 1 aliphatic carbocycles. The summed E-state index contributed by atoms with van der Waals surface area (Å²) in [4.78, 5) is 19.4. The molecule has 0 bridgehead atoms. The predicted molar refractivity (Wildman–Crippen MR) is 113 cm³/mol. The molecule has 7 heteroatoms. The number of benzene rings is 1. The van der Waals surface area contributed by atoms with Crippen molar-refractivity contribution < 1.29 is 9.53 Å². The van der Waals surface area contributed by atoms with Gasteiger partial charge >= 0.3 is 0 Å². The molecule has 29 heavy (non-hydrogen) atoms. The van der Waals surface area contributed by atoms with Crippen molar-refractivity contribution in [2.75, 3.05) is 58.3 Å². The number of likely N-dealkylation sites (N-methyl/N-ethyl adjacent to an activating group) is 1. The van der Waals surface area contributed by atoms with Crippen LogP contribution in [0.4, 0.5) is 5.69 Å². The number of nitrogens with zero attached hydrogens (tertiary/aromatic N) is 5. The summed E-state index contributed by atoms with van der Waals surface area (Å²) in [6.45, 7) is 4.76. The molecule has 1 aromatic heterocycles. The first kappa shape index (κ1) is 19.8. The summed E-state index contributed by atoms with van der Waals surface area (Å²) < 4.78 is 7.83. The lowest BCUT2D eigenvalue weighted by atomic mass is 10.1. The molecule has 156 valence electrons. The van der Waals surface area contributed by atoms with Gasteiger partial charge in [0.15, 0.2) is 0 Å². The van der Waals surface area contributed by atoms with Crippen molar-refractivity contribution in [2.24, 2.45) is 13.0 Å². The number of piperazine rings is 1. The van der Waals surface area contributed by atoms with E-state index in [0.29, 0.717) is 18.4 Å². The molecule has 0 spiro atoms. The van der Waals surface area contributed by atoms with E-state index in [2.05, 4.69) is 21.0 Å². The van der Waals surface area contributed by atoms with Gasteiger partial charge in [0.1, 0.15) is 12.4 Å². The minimum atomic E-state index is 0.132. The Morgan fingerprint density at radius 2 is 1.97 bits per heavy atom. The molecule has 0 N–H and O–H groups in total. The Morgan fingerprint density at radius 3 is 2.66 bits per heavy atom. The van der Waals surface area contributed by atoms with E-state index >= 15 is 0 Å². The minimum Gasteiger partial charge on any atom is -0.490 e. The molecule has 4 rings (SSSR count). The lowest BCUT2D eigenvalue weighted by Crippen LogP contribution is -2.49. The van der Waals surface area contributed by atoms with Gasteiger partial charge in [-0.25, -0.2) is 0 Å². The van der Waals surface area contributed by atoms with Crippen molar-refractivity contribution in [3.63, 3.8) is 0 Å². The molecule has 2 fully saturated rings. The second-order valence-corrected chi connectivity index (χ2v) is 8.33. The average Bonchev–Trinajstić information content (AvgIpc) is 3.41. The van der Waals surface area contributed by atoms with Crippen LogP contribution in [0.2, 0.25) is 0 Å². The van der Waals surface area contributed by atoms with Gasteiger partial charge in [0.25, 0.3) is 0 Å². The van der Waals surface area contributed by atoms with Crippen LogP contribution in [-0.4, -0.2) is 78.9 Å². The number of carbonyl (C=O) groups is 1. The topological polar surface area (TPSA) is 53.8 Å². The normalized spacial score (nSPS) is 21.5. The SMILES string of the molecule is CN(C)CCOc1ccccc1N1CCN(C(=O)[C@@H]2C[C@H]2c2cnn(C)c2)CC1. The van der Waals surface area contributed by atoms with Gasteiger partial charge in [0.2, 0.25) is 5.91 Å². The van der Waals surface area contributed by atoms with Crippen molar-refractivity contribution >= 4 is 11.6 Å². The maximum absolute atomic E-state index is 12.9. The zero-order valence-corrected chi connectivity index (χ0v) is 17.6. The second-order valence-electron chi connectivity index (χ2n) is 8.33. The Morgan fingerprint density at radius 1 is 1.21 bits per heavy atom. The molecule has 2 aliphatic rings. The third kappa shape index (κ3) is 4.56. The summed E-state index contributed by atoms with van der Waals surface area (Å²) >= 11 is 0. The monoisotopic (exact) mass is 397 g/mol. The average molecular weight is 398 g/mol. The van der Waals surface area contributed by atoms with Crippen molar-refractivity contribution in [2.45, 2.75) is 12.3 Å². The highest BCUT2D eigenvalue weighted by atomic mass is 16.5. The molecule has 1 amide bonds. The van der Waals surface area contributed by atoms with Crippen LogP contribution in [0.3, 0.4) is 0 Å². The fourth-order valence-electron chi connectivity index (χ4n) is 4.05. The maximum Gasteiger partial charge on any atom is 0.226 e. The van der Waals surface area contributed by atoms with Crippen LogP contribution in [0.25, 0.3) is 0 Å². The summed E-state index contributed by atoms with van der Waals surface area (Å²) in [5.41, 5.74) is 2.31. The molecule has 0 unspecified atom stereocenters. The maximum atomic E-state index is 12.9. The minimum absolute atomic E-state index is 0.132. The van der Waals surface area contributed by atoms with Gasteiger partial charge in [-0.1, -0.05) is 12.1 Å². The van der Waals surface area contributed by atoms with Crippen molar-refractivity contribution in [3.05, 3.63) is 42.2 Å². The number of anilines is 1. The number of aryl methyl sites for hydroxylation is 1. The number of ether oxygens (including phenoxy) is 1. The van der Waals surface area contributed by atoms with Crippen molar-refractivity contribution in [1.29, 1.82) is 0 Å². The van der Waals surface area contributed by atoms with Crippen molar-refractivity contribution in [1.82, 2.24) is 19.6 Å². The zero-order chi connectivity index (χ0) is 20.4. The Balaban J connectivity index is 1.31. The lowest BCUT2D eigenvalue weighted by molar-refractivity contribution is -0.132. The number of hydrogen-bond acceptors (Lipinski definition) is 5. The zero-order valence-electron chi connectivity index (χ0n) is 17.6. The Hall–Kier alpha value is -2.54. The smallest absolute Gasteiger partial charge is 0.226 e. The molecule has 1 aliphatic heterocycles. The molecule has 7 nitrogen and oxygen atoms in total. The third-order valence-electron chi connectivity index (χ3n) is 5.85. The first-order valence-corrected chi connectivity index (χ1v) is 10.4. The van der Waals surface area contributed by atoms with Crippen LogP contribution in [0, 0.1) is 5.92 Å². The number of carbonyl (C=O) groups excluding carboxylic acids is 1. The van der Waals surface area contributed by atoms with E-state index in [1.807, 2.05) is 61.3 Å². The van der Waals surface area contributed by atoms with E-state index in [1.165, 1.54) is 5.56 Å². The van der Waals surface area contributed by atoms with Gasteiger partial charge in [0, 0.05) is 51.9 Å². The first-order valence-electron chi connectivity index (χ1n) is 10.4. The Kier molecular flexibility index (Phi) is 5.76. The fourth-order valence-corrected chi connectivity index (χ4v) is 4.05. The number of hydrogen-bond donors (Lipinski definition) is 0. The number of aromatic nitrogens is 2. The summed E-state index contributed by atoms with van der Waals surface area (Å²) in [6.07, 6.45) is 4.87. The molecule has 1 aromatic carbocycles. The molecule has 0 radical (unpaired) electrons. The van der Waals surface area contributed by atoms with E-state index in [0.717, 1.165) is 50.6 Å². The van der Waals surface area contributed by atoms with E-state index in [-0.39, 0.29) is 5.92 Å². The van der Waals surface area contributed by atoms with Crippen LogP contribution >= 0.6 is 0 Å². The molecular formula is C22H31N5O2. The van der Waals surface area contributed by atoms with Crippen LogP contribution in [0.15, 0.2) is 36.7 Å². The first-order chi connectivity index (χ1) is 14.0. The van der Waals surface area contributed by atoms with E-state index < -0.39 is 0 Å². The van der Waals surface area contributed by atoms with Crippen LogP contribution in [-0.2, 0) is 11.8 Å². The van der Waals surface area contributed by atoms with Gasteiger partial charge in [-0.3, -0.25) is 9.48 Å². The number of para-hydroxylation sites is 2. The number of rotatable bonds is 7. The Bertz CT molecular complexity index is 841. The predicted octanol–water partition coefficient (Wildman–Crippen LogP) is 1.81. The largest absolute Gasteiger partial charge is 0.490 e. The molecule has 1 saturated heterocycles. The highest BCUT2D eigenvalue weighted by Gasteiger charge is 2.46. The van der Waals surface area contributed by atoms with Crippen LogP contribution in [0.1, 0.15) is 17.9 Å². The number of amides is 1. The van der Waals surface area contributed by atoms with E-state index in [4.69, 9.17) is 4.74 Å². The fraction of sp³-hybridized carbons (Fsp3) is 0.545. The third-order valence-corrected chi connectivity index (χ3v) is 5.85. The van der Waals surface area contributed by atoms with E-state index in [1.54, 1.807) is 0 Å². The van der Waals surface area contributed by atoms with Gasteiger partial charge in [-0.15, -0.1) is 0 Å². The van der Waals surface area contributed by atoms with Crippen molar-refractivity contribution in [3.8, 4) is 5.75 Å². The molecule has 2 aromatic rings. The van der Waals surface area contributed by atoms with Gasteiger partial charge in [-0.05, 0) is 44.1 Å². The Labute approximate surface area is 172 Å². The standard InChI is InChI=1S/C22H31N5O2/c1-24(2)12-13-29-21-7-5-4-6-20(21)26-8-10-27(11-9-26)22(28)19-14-18(19)17-15-23-25(3)16-17/h4-7,15-16,18-19H,8-14H2,1-3H3/t18-,19+/m0/s1. The van der Waals surface area contributed by atoms with Gasteiger partial charge < -0.3 is 19.4 Å². The summed E-state index contributed by atoms with van der Waals surface area (Å²) in [5, 5.41) is 4.24. The summed E-state index contributed by atoms with van der Waals surface area (Å²) in [7, 11) is 6.01. The van der Waals surface area contributed by atoms with Crippen LogP contribution < -0.4 is 9.64 Å². The summed E-state index contributed by atoms with van der Waals surface area (Å²) in [6, 6.07) is 8.21. The lowest BCUT2D eigenvalue weighted by Gasteiger charge is -2.37. The van der Waals surface area contributed by atoms with E-state index in [9.17, 15) is 4.79 Å². The highest BCUT2D eigenvalue weighted by Crippen LogP contribution is 2.48. The molecular weight excluding hydrogens is 366 g/mol. The molecule has 1 saturated carbocycles. The van der Waals surface area contributed by atoms with Crippen LogP contribution in [0.5, 0.6) is 5.75 Å². The highest BCUT2D eigenvalue weighted by molar-refractivity contribution is 5.83. The summed E-state index contributed by atoms with van der Waals surface area (Å²) in [5.74, 6) is 1.70. The van der Waals surface area contributed by atoms with Gasteiger partial charge in [0.05, 0.1) is 11.9 Å². The molecule has 2 atom stereocenters. The van der Waals surface area contributed by atoms with Gasteiger partial charge in [-0.2, -0.15) is 5.10 Å². The second kappa shape index (κ2) is 8.45. The molecule has 2 heterocycles. The quantitative estimate of drug-likeness (QED) is 0.713.